The lowest BCUT2D eigenvalue weighted by Gasteiger charge is -2.18. The predicted octanol–water partition coefficient (Wildman–Crippen LogP) is 2.45. The van der Waals surface area contributed by atoms with Crippen LogP contribution in [0.15, 0.2) is 6.07 Å². The fourth-order valence-electron chi connectivity index (χ4n) is 3.30. The van der Waals surface area contributed by atoms with E-state index in [1.807, 2.05) is 11.3 Å². The molecule has 1 aromatic rings. The number of rotatable bonds is 4. The Morgan fingerprint density at radius 2 is 2.24 bits per heavy atom. The molecule has 0 amide bonds. The molecule has 1 fully saturated rings. The Morgan fingerprint density at radius 1 is 1.29 bits per heavy atom. The van der Waals surface area contributed by atoms with E-state index in [-0.39, 0.29) is 0 Å². The molecule has 0 aromatic carbocycles. The van der Waals surface area contributed by atoms with Crippen LogP contribution >= 0.6 is 11.3 Å². The van der Waals surface area contributed by atoms with Gasteiger partial charge in [-0.25, -0.2) is 0 Å². The summed E-state index contributed by atoms with van der Waals surface area (Å²) in [5.41, 5.74) is 7.43. The molecular weight excluding hydrogens is 228 g/mol. The molecule has 0 bridgehead atoms. The van der Waals surface area contributed by atoms with Gasteiger partial charge in [0.05, 0.1) is 0 Å². The number of nitrogens with one attached hydrogen (secondary N) is 1. The number of fused-ring (bicyclic) bond motifs is 1. The van der Waals surface area contributed by atoms with Gasteiger partial charge in [0.2, 0.25) is 0 Å². The van der Waals surface area contributed by atoms with Crippen molar-refractivity contribution in [1.29, 1.82) is 0 Å². The van der Waals surface area contributed by atoms with E-state index in [1.165, 1.54) is 43.4 Å². The minimum Gasteiger partial charge on any atom is -0.330 e. The normalized spacial score (nSPS) is 27.6. The number of hydrogen-bond donors (Lipinski definition) is 2. The summed E-state index contributed by atoms with van der Waals surface area (Å²) in [7, 11) is 0. The van der Waals surface area contributed by atoms with Gasteiger partial charge in [-0.2, -0.15) is 0 Å². The van der Waals surface area contributed by atoms with E-state index in [2.05, 4.69) is 11.4 Å². The molecule has 2 aliphatic rings. The fourth-order valence-corrected chi connectivity index (χ4v) is 4.51. The van der Waals surface area contributed by atoms with Crippen LogP contribution in [0.25, 0.3) is 0 Å². The first-order valence-electron chi connectivity index (χ1n) is 6.90. The highest BCUT2D eigenvalue weighted by atomic mass is 32.1. The Balaban J connectivity index is 1.56. The fraction of sp³-hybridized carbons (Fsp3) is 0.714. The van der Waals surface area contributed by atoms with Crippen molar-refractivity contribution in [1.82, 2.24) is 5.32 Å². The molecule has 2 unspecified atom stereocenters. The molecule has 0 spiro atoms. The summed E-state index contributed by atoms with van der Waals surface area (Å²) >= 11 is 2.02. The van der Waals surface area contributed by atoms with Gasteiger partial charge in [0, 0.05) is 22.3 Å². The van der Waals surface area contributed by atoms with Crippen molar-refractivity contribution < 1.29 is 0 Å². The van der Waals surface area contributed by atoms with E-state index < -0.39 is 0 Å². The zero-order valence-electron chi connectivity index (χ0n) is 10.4. The first-order chi connectivity index (χ1) is 8.36. The second-order valence-corrected chi connectivity index (χ2v) is 6.65. The minimum absolute atomic E-state index is 0.664. The van der Waals surface area contributed by atoms with E-state index in [1.54, 1.807) is 10.4 Å². The monoisotopic (exact) mass is 250 g/mol. The average Bonchev–Trinajstić information content (AvgIpc) is 3.00. The molecule has 2 nitrogen and oxygen atoms in total. The van der Waals surface area contributed by atoms with Crippen molar-refractivity contribution in [2.75, 3.05) is 6.54 Å². The summed E-state index contributed by atoms with van der Waals surface area (Å²) in [4.78, 5) is 3.17. The van der Waals surface area contributed by atoms with Gasteiger partial charge in [0.1, 0.15) is 0 Å². The molecular formula is C14H22N2S. The highest BCUT2D eigenvalue weighted by Crippen LogP contribution is 2.31. The van der Waals surface area contributed by atoms with E-state index in [9.17, 15) is 0 Å². The van der Waals surface area contributed by atoms with Crippen LogP contribution in [0.2, 0.25) is 0 Å². The van der Waals surface area contributed by atoms with Crippen LogP contribution in [0.1, 0.15) is 41.0 Å². The van der Waals surface area contributed by atoms with Crippen molar-refractivity contribution in [2.45, 2.75) is 51.1 Å². The van der Waals surface area contributed by atoms with Crippen LogP contribution in [0.5, 0.6) is 0 Å². The topological polar surface area (TPSA) is 38.0 Å². The maximum absolute atomic E-state index is 5.81. The third kappa shape index (κ3) is 2.42. The number of nitrogens with two attached hydrogens (primary N) is 1. The molecule has 17 heavy (non-hydrogen) atoms. The van der Waals surface area contributed by atoms with Crippen LogP contribution in [0.4, 0.5) is 0 Å². The van der Waals surface area contributed by atoms with Crippen molar-refractivity contribution in [3.63, 3.8) is 0 Å². The van der Waals surface area contributed by atoms with Crippen molar-refractivity contribution in [3.05, 3.63) is 21.4 Å². The van der Waals surface area contributed by atoms with Gasteiger partial charge in [0.25, 0.3) is 0 Å². The Hall–Kier alpha value is -0.380. The Kier molecular flexibility index (Phi) is 3.50. The summed E-state index contributed by atoms with van der Waals surface area (Å²) in [6.07, 6.45) is 7.96. The molecule has 3 heteroatoms. The molecule has 1 aromatic heterocycles. The SMILES string of the molecule is NCC1CCCC1NCc1cc2c(s1)CCC2. The van der Waals surface area contributed by atoms with Crippen LogP contribution < -0.4 is 11.1 Å². The summed E-state index contributed by atoms with van der Waals surface area (Å²) in [6.45, 7) is 1.90. The lowest BCUT2D eigenvalue weighted by Crippen LogP contribution is -2.35. The number of hydrogen-bond acceptors (Lipinski definition) is 3. The standard InChI is InChI=1S/C14H22N2S/c15-8-11-4-1-5-13(11)16-9-12-7-10-3-2-6-14(10)17-12/h7,11,13,16H,1-6,8-9,15H2. The van der Waals surface area contributed by atoms with Gasteiger partial charge >= 0.3 is 0 Å². The van der Waals surface area contributed by atoms with E-state index in [4.69, 9.17) is 5.73 Å². The summed E-state index contributed by atoms with van der Waals surface area (Å²) < 4.78 is 0. The second-order valence-electron chi connectivity index (χ2n) is 5.43. The van der Waals surface area contributed by atoms with Crippen molar-refractivity contribution in [2.24, 2.45) is 11.7 Å². The van der Waals surface area contributed by atoms with Gasteiger partial charge in [0.15, 0.2) is 0 Å². The Morgan fingerprint density at radius 3 is 3.06 bits per heavy atom. The molecule has 2 atom stereocenters. The van der Waals surface area contributed by atoms with Crippen LogP contribution in [0.3, 0.4) is 0 Å². The Labute approximate surface area is 108 Å². The lowest BCUT2D eigenvalue weighted by molar-refractivity contribution is 0.407. The summed E-state index contributed by atoms with van der Waals surface area (Å²) in [5.74, 6) is 0.710. The summed E-state index contributed by atoms with van der Waals surface area (Å²) in [6, 6.07) is 3.09. The predicted molar refractivity (Wildman–Crippen MR) is 73.4 cm³/mol. The third-order valence-corrected chi connectivity index (χ3v) is 5.54. The van der Waals surface area contributed by atoms with Crippen LogP contribution in [0, 0.1) is 5.92 Å². The van der Waals surface area contributed by atoms with Crippen molar-refractivity contribution >= 4 is 11.3 Å². The van der Waals surface area contributed by atoms with E-state index in [0.29, 0.717) is 12.0 Å². The van der Waals surface area contributed by atoms with Crippen LogP contribution in [-0.4, -0.2) is 12.6 Å². The van der Waals surface area contributed by atoms with E-state index >= 15 is 0 Å². The zero-order chi connectivity index (χ0) is 11.7. The molecule has 94 valence electrons. The number of aryl methyl sites for hydroxylation is 2. The van der Waals surface area contributed by atoms with E-state index in [0.717, 1.165) is 13.1 Å². The molecule has 2 aliphatic carbocycles. The Bertz CT molecular complexity index is 364. The highest BCUT2D eigenvalue weighted by Gasteiger charge is 2.25. The molecule has 1 heterocycles. The van der Waals surface area contributed by atoms with Gasteiger partial charge in [-0.3, -0.25) is 0 Å². The molecule has 0 saturated heterocycles. The lowest BCUT2D eigenvalue weighted by atomic mass is 10.0. The minimum atomic E-state index is 0.664. The first kappa shape index (κ1) is 11.7. The molecule has 3 rings (SSSR count). The van der Waals surface area contributed by atoms with Gasteiger partial charge < -0.3 is 11.1 Å². The maximum atomic E-state index is 5.81. The summed E-state index contributed by atoms with van der Waals surface area (Å²) in [5, 5.41) is 3.72. The molecule has 0 aliphatic heterocycles. The average molecular weight is 250 g/mol. The molecule has 0 radical (unpaired) electrons. The van der Waals surface area contributed by atoms with Crippen molar-refractivity contribution in [3.8, 4) is 0 Å². The largest absolute Gasteiger partial charge is 0.330 e. The number of thiophene rings is 1. The third-order valence-electron chi connectivity index (χ3n) is 4.30. The molecule has 3 N–H and O–H groups in total. The second kappa shape index (κ2) is 5.09. The highest BCUT2D eigenvalue weighted by molar-refractivity contribution is 7.12. The van der Waals surface area contributed by atoms with Gasteiger partial charge in [-0.1, -0.05) is 6.42 Å². The maximum Gasteiger partial charge on any atom is 0.0302 e. The smallest absolute Gasteiger partial charge is 0.0302 e. The first-order valence-corrected chi connectivity index (χ1v) is 7.72. The zero-order valence-corrected chi connectivity index (χ0v) is 11.2. The van der Waals surface area contributed by atoms with Gasteiger partial charge in [-0.05, 0) is 56.2 Å². The quantitative estimate of drug-likeness (QED) is 0.861. The molecule has 1 saturated carbocycles. The van der Waals surface area contributed by atoms with Gasteiger partial charge in [-0.15, -0.1) is 11.3 Å². The van der Waals surface area contributed by atoms with Crippen LogP contribution in [-0.2, 0) is 19.4 Å².